The third-order valence-electron chi connectivity index (χ3n) is 4.17. The Balaban J connectivity index is 2.11. The van der Waals surface area contributed by atoms with Gasteiger partial charge in [-0.1, -0.05) is 6.42 Å². The summed E-state index contributed by atoms with van der Waals surface area (Å²) < 4.78 is 0. The number of fused-ring (bicyclic) bond motifs is 1. The standard InChI is InChI=1S/C13H22ClNO/c1-13(2,9-14)12(16)15-8-4-6-10-5-3-7-11(10)15/h10-11H,3-9H2,1-2H3. The first-order chi connectivity index (χ1) is 7.56. The molecule has 2 atom stereocenters. The summed E-state index contributed by atoms with van der Waals surface area (Å²) in [5.74, 6) is 1.45. The molecule has 92 valence electrons. The van der Waals surface area contributed by atoms with Gasteiger partial charge in [0, 0.05) is 18.5 Å². The van der Waals surface area contributed by atoms with E-state index in [9.17, 15) is 4.79 Å². The number of halogens is 1. The Bertz CT molecular complexity index is 277. The summed E-state index contributed by atoms with van der Waals surface area (Å²) in [5.41, 5.74) is -0.397. The molecular weight excluding hydrogens is 222 g/mol. The van der Waals surface area contributed by atoms with E-state index < -0.39 is 5.41 Å². The predicted octanol–water partition coefficient (Wildman–Crippen LogP) is 3.04. The molecule has 3 heteroatoms. The molecule has 2 unspecified atom stereocenters. The maximum atomic E-state index is 12.4. The summed E-state index contributed by atoms with van der Waals surface area (Å²) in [6.07, 6.45) is 6.30. The minimum Gasteiger partial charge on any atom is -0.339 e. The van der Waals surface area contributed by atoms with Gasteiger partial charge in [0.2, 0.25) is 5.91 Å². The van der Waals surface area contributed by atoms with Crippen molar-refractivity contribution in [3.05, 3.63) is 0 Å². The van der Waals surface area contributed by atoms with Gasteiger partial charge in [-0.2, -0.15) is 0 Å². The highest BCUT2D eigenvalue weighted by Gasteiger charge is 2.41. The van der Waals surface area contributed by atoms with Crippen molar-refractivity contribution in [2.24, 2.45) is 11.3 Å². The lowest BCUT2D eigenvalue weighted by Gasteiger charge is -2.41. The zero-order valence-corrected chi connectivity index (χ0v) is 11.1. The van der Waals surface area contributed by atoms with Crippen molar-refractivity contribution in [1.29, 1.82) is 0 Å². The lowest BCUT2D eigenvalue weighted by Crippen LogP contribution is -2.51. The van der Waals surface area contributed by atoms with Crippen LogP contribution in [0.4, 0.5) is 0 Å². The van der Waals surface area contributed by atoms with Gasteiger partial charge >= 0.3 is 0 Å². The van der Waals surface area contributed by atoms with Crippen LogP contribution in [0, 0.1) is 11.3 Å². The molecule has 1 saturated heterocycles. The van der Waals surface area contributed by atoms with Crippen LogP contribution in [0.5, 0.6) is 0 Å². The SMILES string of the molecule is CC(C)(CCl)C(=O)N1CCCC2CCCC21. The average Bonchev–Trinajstić information content (AvgIpc) is 2.75. The van der Waals surface area contributed by atoms with E-state index in [0.717, 1.165) is 12.5 Å². The maximum Gasteiger partial charge on any atom is 0.229 e. The van der Waals surface area contributed by atoms with Crippen LogP contribution >= 0.6 is 11.6 Å². The molecule has 2 aliphatic rings. The highest BCUT2D eigenvalue weighted by atomic mass is 35.5. The second kappa shape index (κ2) is 4.56. The van der Waals surface area contributed by atoms with Crippen molar-refractivity contribution in [3.8, 4) is 0 Å². The molecule has 1 saturated carbocycles. The topological polar surface area (TPSA) is 20.3 Å². The zero-order chi connectivity index (χ0) is 11.8. The quantitative estimate of drug-likeness (QED) is 0.683. The smallest absolute Gasteiger partial charge is 0.229 e. The summed E-state index contributed by atoms with van der Waals surface area (Å²) in [6, 6.07) is 0.517. The van der Waals surface area contributed by atoms with Gasteiger partial charge in [0.05, 0.1) is 5.41 Å². The summed E-state index contributed by atoms with van der Waals surface area (Å²) >= 11 is 5.90. The molecule has 1 heterocycles. The normalized spacial score (nSPS) is 30.3. The lowest BCUT2D eigenvalue weighted by molar-refractivity contribution is -0.144. The van der Waals surface area contributed by atoms with E-state index in [1.807, 2.05) is 13.8 Å². The van der Waals surface area contributed by atoms with Crippen LogP contribution in [0.25, 0.3) is 0 Å². The van der Waals surface area contributed by atoms with Gasteiger partial charge in [-0.15, -0.1) is 11.6 Å². The minimum atomic E-state index is -0.397. The molecule has 0 bridgehead atoms. The second-order valence-electron chi connectivity index (χ2n) is 5.92. The highest BCUT2D eigenvalue weighted by Crippen LogP contribution is 2.38. The maximum absolute atomic E-state index is 12.4. The van der Waals surface area contributed by atoms with Crippen molar-refractivity contribution < 1.29 is 4.79 Å². The van der Waals surface area contributed by atoms with Crippen molar-refractivity contribution in [1.82, 2.24) is 4.90 Å². The first-order valence-electron chi connectivity index (χ1n) is 6.43. The lowest BCUT2D eigenvalue weighted by atomic mass is 9.87. The fraction of sp³-hybridized carbons (Fsp3) is 0.923. The van der Waals surface area contributed by atoms with Crippen LogP contribution in [0.1, 0.15) is 46.0 Å². The van der Waals surface area contributed by atoms with Gasteiger partial charge in [0.1, 0.15) is 0 Å². The van der Waals surface area contributed by atoms with Crippen LogP contribution in [-0.2, 0) is 4.79 Å². The summed E-state index contributed by atoms with van der Waals surface area (Å²) in [6.45, 7) is 4.86. The van der Waals surface area contributed by atoms with E-state index in [1.54, 1.807) is 0 Å². The van der Waals surface area contributed by atoms with E-state index >= 15 is 0 Å². The van der Waals surface area contributed by atoms with Gasteiger partial charge in [-0.05, 0) is 45.4 Å². The zero-order valence-electron chi connectivity index (χ0n) is 10.3. The Kier molecular flexibility index (Phi) is 3.48. The number of amides is 1. The molecule has 2 rings (SSSR count). The molecule has 0 aromatic rings. The molecule has 0 aromatic carbocycles. The van der Waals surface area contributed by atoms with Crippen molar-refractivity contribution in [3.63, 3.8) is 0 Å². The second-order valence-corrected chi connectivity index (χ2v) is 6.18. The number of carbonyl (C=O) groups is 1. The van der Waals surface area contributed by atoms with Gasteiger partial charge < -0.3 is 4.90 Å². The Morgan fingerprint density at radius 2 is 2.00 bits per heavy atom. The van der Waals surface area contributed by atoms with Crippen molar-refractivity contribution in [2.45, 2.75) is 52.0 Å². The molecule has 2 fully saturated rings. The Hall–Kier alpha value is -0.240. The largest absolute Gasteiger partial charge is 0.339 e. The number of nitrogens with zero attached hydrogens (tertiary/aromatic N) is 1. The van der Waals surface area contributed by atoms with E-state index in [4.69, 9.17) is 11.6 Å². The predicted molar refractivity (Wildman–Crippen MR) is 66.6 cm³/mol. The summed E-state index contributed by atoms with van der Waals surface area (Å²) in [7, 11) is 0. The molecule has 0 aromatic heterocycles. The molecule has 2 nitrogen and oxygen atoms in total. The first-order valence-corrected chi connectivity index (χ1v) is 6.97. The van der Waals surface area contributed by atoms with Gasteiger partial charge in [-0.3, -0.25) is 4.79 Å². The summed E-state index contributed by atoms with van der Waals surface area (Å²) in [4.78, 5) is 14.6. The number of alkyl halides is 1. The average molecular weight is 244 g/mol. The molecule has 0 N–H and O–H groups in total. The van der Waals surface area contributed by atoms with Crippen LogP contribution in [0.3, 0.4) is 0 Å². The van der Waals surface area contributed by atoms with E-state index in [1.165, 1.54) is 32.1 Å². The minimum absolute atomic E-state index is 0.263. The van der Waals surface area contributed by atoms with Gasteiger partial charge in [0.15, 0.2) is 0 Å². The molecule has 1 aliphatic carbocycles. The number of hydrogen-bond acceptors (Lipinski definition) is 1. The molecule has 16 heavy (non-hydrogen) atoms. The number of rotatable bonds is 2. The molecule has 1 amide bonds. The third kappa shape index (κ3) is 2.09. The third-order valence-corrected chi connectivity index (χ3v) is 4.84. The van der Waals surface area contributed by atoms with E-state index in [0.29, 0.717) is 11.9 Å². The van der Waals surface area contributed by atoms with Crippen LogP contribution in [0.15, 0.2) is 0 Å². The molecule has 1 aliphatic heterocycles. The highest BCUT2D eigenvalue weighted by molar-refractivity contribution is 6.19. The van der Waals surface area contributed by atoms with Crippen molar-refractivity contribution in [2.75, 3.05) is 12.4 Å². The number of likely N-dealkylation sites (tertiary alicyclic amines) is 1. The Morgan fingerprint density at radius 1 is 1.31 bits per heavy atom. The van der Waals surface area contributed by atoms with E-state index in [-0.39, 0.29) is 5.91 Å². The Morgan fingerprint density at radius 3 is 2.69 bits per heavy atom. The number of hydrogen-bond donors (Lipinski definition) is 0. The van der Waals surface area contributed by atoms with Crippen LogP contribution in [-0.4, -0.2) is 29.3 Å². The summed E-state index contributed by atoms with van der Waals surface area (Å²) in [5, 5.41) is 0. The van der Waals surface area contributed by atoms with Gasteiger partial charge in [-0.25, -0.2) is 0 Å². The van der Waals surface area contributed by atoms with Crippen LogP contribution < -0.4 is 0 Å². The number of piperidine rings is 1. The molecule has 0 spiro atoms. The first kappa shape index (κ1) is 12.2. The number of carbonyl (C=O) groups excluding carboxylic acids is 1. The fourth-order valence-electron chi connectivity index (χ4n) is 3.15. The van der Waals surface area contributed by atoms with E-state index in [2.05, 4.69) is 4.90 Å². The molecule has 0 radical (unpaired) electrons. The molecular formula is C13H22ClNO. The van der Waals surface area contributed by atoms with Crippen LogP contribution in [0.2, 0.25) is 0 Å². The van der Waals surface area contributed by atoms with Gasteiger partial charge in [0.25, 0.3) is 0 Å². The van der Waals surface area contributed by atoms with Crippen molar-refractivity contribution >= 4 is 17.5 Å². The monoisotopic (exact) mass is 243 g/mol. The Labute approximate surface area is 103 Å². The fourth-order valence-corrected chi connectivity index (χ4v) is 3.27.